The number of rotatable bonds is 9. The predicted octanol–water partition coefficient (Wildman–Crippen LogP) is 8.46. The smallest absolute Gasteiger partial charge is 0.312 e. The lowest BCUT2D eigenvalue weighted by molar-refractivity contribution is -0.160. The largest absolute Gasteiger partial charge is 0.457 e. The average Bonchev–Trinajstić information content (AvgIpc) is 2.85. The Morgan fingerprint density at radius 2 is 1.06 bits per heavy atom. The van der Waals surface area contributed by atoms with Crippen LogP contribution < -0.4 is 0 Å². The monoisotopic (exact) mass is 476 g/mol. The van der Waals surface area contributed by atoms with Crippen molar-refractivity contribution in [1.82, 2.24) is 0 Å². The number of hydrogen-bond acceptors (Lipinski definition) is 4. The van der Waals surface area contributed by atoms with Gasteiger partial charge in [-0.3, -0.25) is 9.59 Å². The number of carbonyl (C=O) groups excluding carboxylic acids is 2. The van der Waals surface area contributed by atoms with Gasteiger partial charge in [0.2, 0.25) is 0 Å². The molecule has 4 nitrogen and oxygen atoms in total. The fourth-order valence-electron chi connectivity index (χ4n) is 4.28. The standard InChI is InChI=1S/C31H40O4/c1-9-25(35-29(33)31(7,8)11-3)27-23-18-14-12-16-21(23)26(22-17-13-15-19-24(22)27)20(4)34-28(32)30(5,6)10-2/h12-20,25H,9-11H2,1-8H3. The highest BCUT2D eigenvalue weighted by atomic mass is 16.5. The summed E-state index contributed by atoms with van der Waals surface area (Å²) in [5.74, 6) is -0.389. The van der Waals surface area contributed by atoms with E-state index in [-0.39, 0.29) is 18.0 Å². The van der Waals surface area contributed by atoms with Crippen molar-refractivity contribution >= 4 is 33.5 Å². The van der Waals surface area contributed by atoms with Gasteiger partial charge in [0.1, 0.15) is 12.2 Å². The molecule has 2 unspecified atom stereocenters. The van der Waals surface area contributed by atoms with E-state index in [1.54, 1.807) is 0 Å². The van der Waals surface area contributed by atoms with E-state index in [1.807, 2.05) is 79.7 Å². The molecule has 0 aliphatic rings. The van der Waals surface area contributed by atoms with Crippen molar-refractivity contribution in [3.8, 4) is 0 Å². The Labute approximate surface area is 210 Å². The third-order valence-corrected chi connectivity index (χ3v) is 7.52. The molecule has 0 heterocycles. The molecule has 0 N–H and O–H groups in total. The number of ether oxygens (including phenoxy) is 2. The lowest BCUT2D eigenvalue weighted by Crippen LogP contribution is -2.27. The second-order valence-electron chi connectivity index (χ2n) is 10.7. The Hall–Kier alpha value is -2.88. The first-order chi connectivity index (χ1) is 16.5. The summed E-state index contributed by atoms with van der Waals surface area (Å²) in [7, 11) is 0. The third-order valence-electron chi connectivity index (χ3n) is 7.52. The molecule has 3 rings (SSSR count). The molecule has 0 radical (unpaired) electrons. The molecule has 0 aliphatic heterocycles. The molecule has 3 aromatic carbocycles. The first-order valence-corrected chi connectivity index (χ1v) is 12.8. The zero-order chi connectivity index (χ0) is 26.0. The summed E-state index contributed by atoms with van der Waals surface area (Å²) in [5.41, 5.74) is 0.895. The number of hydrogen-bond donors (Lipinski definition) is 0. The summed E-state index contributed by atoms with van der Waals surface area (Å²) in [6.07, 6.45) is 1.26. The molecule has 4 heteroatoms. The maximum absolute atomic E-state index is 13.0. The van der Waals surface area contributed by atoms with Gasteiger partial charge in [-0.1, -0.05) is 69.3 Å². The third kappa shape index (κ3) is 5.22. The zero-order valence-electron chi connectivity index (χ0n) is 22.5. The molecular weight excluding hydrogens is 436 g/mol. The Bertz CT molecular complexity index is 1160. The van der Waals surface area contributed by atoms with Gasteiger partial charge in [0.25, 0.3) is 0 Å². The van der Waals surface area contributed by atoms with Crippen LogP contribution in [0.1, 0.15) is 98.0 Å². The van der Waals surface area contributed by atoms with Gasteiger partial charge in [-0.15, -0.1) is 0 Å². The lowest BCUT2D eigenvalue weighted by Gasteiger charge is -2.29. The number of benzene rings is 3. The van der Waals surface area contributed by atoms with Crippen molar-refractivity contribution in [3.05, 3.63) is 59.7 Å². The number of carbonyl (C=O) groups is 2. The molecule has 3 aromatic rings. The molecule has 35 heavy (non-hydrogen) atoms. The van der Waals surface area contributed by atoms with Crippen LogP contribution in [0.5, 0.6) is 0 Å². The minimum atomic E-state index is -0.548. The number of fused-ring (bicyclic) bond motifs is 2. The minimum Gasteiger partial charge on any atom is -0.457 e. The maximum Gasteiger partial charge on any atom is 0.312 e. The highest BCUT2D eigenvalue weighted by molar-refractivity contribution is 6.06. The Morgan fingerprint density at radius 1 is 0.686 bits per heavy atom. The van der Waals surface area contributed by atoms with Crippen molar-refractivity contribution < 1.29 is 19.1 Å². The predicted molar refractivity (Wildman–Crippen MR) is 143 cm³/mol. The molecule has 0 aromatic heterocycles. The van der Waals surface area contributed by atoms with Crippen molar-refractivity contribution in [2.45, 2.75) is 86.9 Å². The van der Waals surface area contributed by atoms with E-state index >= 15 is 0 Å². The second kappa shape index (κ2) is 10.4. The van der Waals surface area contributed by atoms with Gasteiger partial charge >= 0.3 is 11.9 Å². The molecule has 0 saturated heterocycles. The molecule has 0 amide bonds. The van der Waals surface area contributed by atoms with Crippen LogP contribution in [0.15, 0.2) is 48.5 Å². The fraction of sp³-hybridized carbons (Fsp3) is 0.484. The van der Waals surface area contributed by atoms with E-state index in [4.69, 9.17) is 9.47 Å². The highest BCUT2D eigenvalue weighted by Crippen LogP contribution is 2.42. The van der Waals surface area contributed by atoms with Gasteiger partial charge in [0, 0.05) is 11.1 Å². The van der Waals surface area contributed by atoms with Gasteiger partial charge in [-0.2, -0.15) is 0 Å². The van der Waals surface area contributed by atoms with E-state index in [0.717, 1.165) is 32.7 Å². The molecule has 188 valence electrons. The van der Waals surface area contributed by atoms with Crippen molar-refractivity contribution in [3.63, 3.8) is 0 Å². The van der Waals surface area contributed by atoms with Crippen LogP contribution in [0.3, 0.4) is 0 Å². The fourth-order valence-corrected chi connectivity index (χ4v) is 4.28. The average molecular weight is 477 g/mol. The first-order valence-electron chi connectivity index (χ1n) is 12.8. The van der Waals surface area contributed by atoms with Crippen molar-refractivity contribution in [2.24, 2.45) is 10.8 Å². The van der Waals surface area contributed by atoms with Crippen molar-refractivity contribution in [2.75, 3.05) is 0 Å². The van der Waals surface area contributed by atoms with Crippen LogP contribution in [0.25, 0.3) is 21.5 Å². The topological polar surface area (TPSA) is 52.6 Å². The summed E-state index contributed by atoms with van der Waals surface area (Å²) < 4.78 is 12.2. The normalized spacial score (nSPS) is 14.1. The van der Waals surface area contributed by atoms with Crippen molar-refractivity contribution in [1.29, 1.82) is 0 Å². The quantitative estimate of drug-likeness (QED) is 0.230. The first kappa shape index (κ1) is 26.7. The second-order valence-corrected chi connectivity index (χ2v) is 10.7. The van der Waals surface area contributed by atoms with E-state index < -0.39 is 16.9 Å². The summed E-state index contributed by atoms with van der Waals surface area (Å²) in [5, 5.41) is 4.07. The molecule has 0 fully saturated rings. The van der Waals surface area contributed by atoms with Gasteiger partial charge in [-0.05, 0) is 75.4 Å². The maximum atomic E-state index is 13.0. The molecule has 0 saturated carbocycles. The minimum absolute atomic E-state index is 0.187. The molecule has 0 bridgehead atoms. The molecule has 2 atom stereocenters. The van der Waals surface area contributed by atoms with Gasteiger partial charge in [-0.25, -0.2) is 0 Å². The summed E-state index contributed by atoms with van der Waals surface area (Å²) >= 11 is 0. The van der Waals surface area contributed by atoms with Gasteiger partial charge in [0.05, 0.1) is 10.8 Å². The van der Waals surface area contributed by atoms with Gasteiger partial charge < -0.3 is 9.47 Å². The van der Waals surface area contributed by atoms with Crippen LogP contribution in [0, 0.1) is 10.8 Å². The number of esters is 2. The molecule has 0 aliphatic carbocycles. The molecule has 0 spiro atoms. The van der Waals surface area contributed by atoms with Crippen LogP contribution in [-0.4, -0.2) is 11.9 Å². The summed E-state index contributed by atoms with van der Waals surface area (Å²) in [4.78, 5) is 26.0. The SMILES string of the molecule is CCC(OC(=O)C(C)(C)CC)c1c2ccccc2c(C(C)OC(=O)C(C)(C)CC)c2ccccc12. The van der Waals surface area contributed by atoms with Crippen LogP contribution >= 0.6 is 0 Å². The van der Waals surface area contributed by atoms with E-state index in [9.17, 15) is 9.59 Å². The van der Waals surface area contributed by atoms with Crippen LogP contribution in [-0.2, 0) is 19.1 Å². The Morgan fingerprint density at radius 3 is 1.43 bits per heavy atom. The lowest BCUT2D eigenvalue weighted by atomic mass is 9.86. The van der Waals surface area contributed by atoms with E-state index in [0.29, 0.717) is 19.3 Å². The molecular formula is C31H40O4. The summed E-state index contributed by atoms with van der Waals surface area (Å²) in [6.45, 7) is 15.7. The highest BCUT2D eigenvalue weighted by Gasteiger charge is 2.33. The Balaban J connectivity index is 2.23. The van der Waals surface area contributed by atoms with Crippen LogP contribution in [0.2, 0.25) is 0 Å². The van der Waals surface area contributed by atoms with Crippen LogP contribution in [0.4, 0.5) is 0 Å². The Kier molecular flexibility index (Phi) is 7.93. The van der Waals surface area contributed by atoms with E-state index in [1.165, 1.54) is 0 Å². The zero-order valence-corrected chi connectivity index (χ0v) is 22.5. The van der Waals surface area contributed by atoms with Gasteiger partial charge in [0.15, 0.2) is 0 Å². The van der Waals surface area contributed by atoms with E-state index in [2.05, 4.69) is 24.3 Å². The summed E-state index contributed by atoms with van der Waals surface area (Å²) in [6, 6.07) is 16.3.